The zero-order valence-corrected chi connectivity index (χ0v) is 21.7. The fourth-order valence-corrected chi connectivity index (χ4v) is 4.90. The number of aliphatic imine (C=N–C) groups is 2. The summed E-state index contributed by atoms with van der Waals surface area (Å²) < 4.78 is 13.9. The predicted molar refractivity (Wildman–Crippen MR) is 152 cm³/mol. The summed E-state index contributed by atoms with van der Waals surface area (Å²) >= 11 is 0. The van der Waals surface area contributed by atoms with E-state index in [4.69, 9.17) is 24.4 Å². The van der Waals surface area contributed by atoms with Gasteiger partial charge in [-0.1, -0.05) is 96.2 Å². The maximum Gasteiger partial charge on any atom is 0.236 e. The second-order valence-electron chi connectivity index (χ2n) is 9.76. The second-order valence-corrected chi connectivity index (χ2v) is 9.76. The molecule has 0 amide bonds. The van der Waals surface area contributed by atoms with Gasteiger partial charge in [-0.2, -0.15) is 0 Å². The highest BCUT2D eigenvalue weighted by molar-refractivity contribution is 5.99. The Hall–Kier alpha value is -5.11. The minimum Gasteiger partial charge on any atom is -0.474 e. The van der Waals surface area contributed by atoms with Gasteiger partial charge in [0.15, 0.2) is 0 Å². The molecule has 8 nitrogen and oxygen atoms in total. The molecule has 0 bridgehead atoms. The maximum absolute atomic E-state index is 6.05. The van der Waals surface area contributed by atoms with E-state index in [0.717, 1.165) is 27.9 Å². The monoisotopic (exact) mass is 526 g/mol. The molecular formula is C32H26N6O2. The van der Waals surface area contributed by atoms with Crippen LogP contribution in [0, 0.1) is 0 Å². The fourth-order valence-electron chi connectivity index (χ4n) is 4.90. The lowest BCUT2D eigenvalue weighted by Crippen LogP contribution is -2.11. The van der Waals surface area contributed by atoms with Gasteiger partial charge >= 0.3 is 0 Å². The van der Waals surface area contributed by atoms with Gasteiger partial charge in [0.05, 0.1) is 12.7 Å². The Labute approximate surface area is 231 Å². The normalized spacial score (nSPS) is 18.1. The third-order valence-corrected chi connectivity index (χ3v) is 6.96. The molecule has 8 heteroatoms. The van der Waals surface area contributed by atoms with Gasteiger partial charge in [0.25, 0.3) is 0 Å². The Morgan fingerprint density at radius 1 is 0.650 bits per heavy atom. The molecule has 0 aliphatic carbocycles. The molecule has 7 rings (SSSR count). The Kier molecular flexibility index (Phi) is 6.33. The van der Waals surface area contributed by atoms with E-state index in [2.05, 4.69) is 46.7 Å². The van der Waals surface area contributed by atoms with Crippen LogP contribution in [0.25, 0.3) is 11.3 Å². The van der Waals surface area contributed by atoms with Crippen molar-refractivity contribution in [2.45, 2.75) is 18.6 Å². The molecular weight excluding hydrogens is 500 g/mol. The first-order chi connectivity index (χ1) is 19.8. The lowest BCUT2D eigenvalue weighted by Gasteiger charge is -2.07. The smallest absolute Gasteiger partial charge is 0.236 e. The van der Waals surface area contributed by atoms with Gasteiger partial charge in [-0.3, -0.25) is 0 Å². The molecule has 40 heavy (non-hydrogen) atoms. The summed E-state index contributed by atoms with van der Waals surface area (Å²) in [6.45, 7) is 1.55. The van der Waals surface area contributed by atoms with Crippen molar-refractivity contribution in [3.63, 3.8) is 0 Å². The number of hydrogen-bond acceptors (Lipinski definition) is 7. The molecule has 0 spiro atoms. The van der Waals surface area contributed by atoms with E-state index in [-0.39, 0.29) is 12.1 Å². The van der Waals surface area contributed by atoms with Gasteiger partial charge in [-0.05, 0) is 28.8 Å². The molecule has 0 unspecified atom stereocenters. The van der Waals surface area contributed by atoms with E-state index in [1.165, 1.54) is 0 Å². The average Bonchev–Trinajstić information content (AvgIpc) is 3.80. The first-order valence-electron chi connectivity index (χ1n) is 13.3. The van der Waals surface area contributed by atoms with Crippen LogP contribution in [0.3, 0.4) is 0 Å². The summed E-state index contributed by atoms with van der Waals surface area (Å²) in [4.78, 5) is 14.6. The number of nitrogens with zero attached hydrogens (tertiary/aromatic N) is 6. The summed E-state index contributed by atoms with van der Waals surface area (Å²) in [6.07, 6.45) is 1.93. The van der Waals surface area contributed by atoms with Crippen LogP contribution in [-0.4, -0.2) is 45.0 Å². The van der Waals surface area contributed by atoms with E-state index in [1.807, 2.05) is 77.6 Å². The van der Waals surface area contributed by atoms with E-state index in [0.29, 0.717) is 42.9 Å². The predicted octanol–water partition coefficient (Wildman–Crippen LogP) is 5.42. The van der Waals surface area contributed by atoms with Crippen LogP contribution in [0.5, 0.6) is 0 Å². The largest absolute Gasteiger partial charge is 0.474 e. The number of aromatic nitrogens is 4. The quantitative estimate of drug-likeness (QED) is 0.282. The molecule has 3 aromatic carbocycles. The van der Waals surface area contributed by atoms with Crippen molar-refractivity contribution in [1.29, 1.82) is 0 Å². The van der Waals surface area contributed by atoms with E-state index in [9.17, 15) is 0 Å². The van der Waals surface area contributed by atoms with Crippen LogP contribution >= 0.6 is 0 Å². The number of rotatable bonds is 7. The standard InChI is InChI=1S/C32H26N6O2/c1-4-10-22(11-5-1)18-38-19-28(36-37-38)25-16-26(31-34-29(20-39-31)23-12-6-2-7-13-23)33-27(17-25)32-35-30(21-40-32)24-14-8-3-9-15-24/h1-17,19,29-30H,18,20-21H2/t29-,30-/m0/s1. The molecule has 0 N–H and O–H groups in total. The van der Waals surface area contributed by atoms with Crippen molar-refractivity contribution >= 4 is 11.8 Å². The van der Waals surface area contributed by atoms with Crippen molar-refractivity contribution in [3.05, 3.63) is 137 Å². The average molecular weight is 527 g/mol. The minimum absolute atomic E-state index is 0.0839. The summed E-state index contributed by atoms with van der Waals surface area (Å²) in [6, 6.07) is 34.2. The van der Waals surface area contributed by atoms with Crippen molar-refractivity contribution in [2.75, 3.05) is 13.2 Å². The molecule has 2 atom stereocenters. The van der Waals surface area contributed by atoms with Crippen LogP contribution in [0.4, 0.5) is 0 Å². The lowest BCUT2D eigenvalue weighted by molar-refractivity contribution is 0.317. The van der Waals surface area contributed by atoms with Gasteiger partial charge < -0.3 is 9.47 Å². The van der Waals surface area contributed by atoms with E-state index < -0.39 is 0 Å². The van der Waals surface area contributed by atoms with E-state index in [1.54, 1.807) is 0 Å². The van der Waals surface area contributed by atoms with Crippen LogP contribution in [0.2, 0.25) is 0 Å². The molecule has 2 aromatic heterocycles. The third kappa shape index (κ3) is 4.99. The van der Waals surface area contributed by atoms with Crippen molar-refractivity contribution in [2.24, 2.45) is 9.98 Å². The molecule has 4 heterocycles. The number of benzene rings is 3. The van der Waals surface area contributed by atoms with Gasteiger partial charge in [0.2, 0.25) is 11.8 Å². The fraction of sp³-hybridized carbons (Fsp3) is 0.156. The molecule has 0 saturated carbocycles. The summed E-state index contributed by atoms with van der Waals surface area (Å²) in [5.41, 5.74) is 6.13. The number of hydrogen-bond donors (Lipinski definition) is 0. The van der Waals surface area contributed by atoms with Crippen LogP contribution in [0.15, 0.2) is 119 Å². The Morgan fingerprint density at radius 2 is 1.18 bits per heavy atom. The van der Waals surface area contributed by atoms with E-state index >= 15 is 0 Å². The highest BCUT2D eigenvalue weighted by atomic mass is 16.5. The molecule has 0 saturated heterocycles. The van der Waals surface area contributed by atoms with Crippen molar-refractivity contribution < 1.29 is 9.47 Å². The van der Waals surface area contributed by atoms with Gasteiger partial charge in [0, 0.05) is 5.56 Å². The number of ether oxygens (including phenoxy) is 2. The molecule has 5 aromatic rings. The summed E-state index contributed by atoms with van der Waals surface area (Å²) in [5.74, 6) is 0.985. The summed E-state index contributed by atoms with van der Waals surface area (Å²) in [7, 11) is 0. The molecule has 196 valence electrons. The molecule has 0 radical (unpaired) electrons. The molecule has 0 fully saturated rings. The third-order valence-electron chi connectivity index (χ3n) is 6.96. The van der Waals surface area contributed by atoms with Crippen LogP contribution < -0.4 is 0 Å². The van der Waals surface area contributed by atoms with Crippen LogP contribution in [-0.2, 0) is 16.0 Å². The summed E-state index contributed by atoms with van der Waals surface area (Å²) in [5, 5.41) is 8.84. The first kappa shape index (κ1) is 24.0. The molecule has 2 aliphatic rings. The zero-order chi connectivity index (χ0) is 26.7. The Morgan fingerprint density at radius 3 is 1.73 bits per heavy atom. The van der Waals surface area contributed by atoms with Gasteiger partial charge in [0.1, 0.15) is 42.4 Å². The maximum atomic E-state index is 6.05. The second kappa shape index (κ2) is 10.6. The Balaban J connectivity index is 1.25. The topological polar surface area (TPSA) is 86.8 Å². The van der Waals surface area contributed by atoms with Crippen molar-refractivity contribution in [1.82, 2.24) is 20.0 Å². The van der Waals surface area contributed by atoms with Gasteiger partial charge in [-0.15, -0.1) is 5.10 Å². The highest BCUT2D eigenvalue weighted by Gasteiger charge is 2.27. The van der Waals surface area contributed by atoms with Gasteiger partial charge in [-0.25, -0.2) is 19.7 Å². The highest BCUT2D eigenvalue weighted by Crippen LogP contribution is 2.29. The van der Waals surface area contributed by atoms with Crippen molar-refractivity contribution in [3.8, 4) is 11.3 Å². The number of pyridine rings is 1. The Bertz CT molecular complexity index is 1600. The molecule has 2 aliphatic heterocycles. The minimum atomic E-state index is -0.0839. The zero-order valence-electron chi connectivity index (χ0n) is 21.7. The lowest BCUT2D eigenvalue weighted by atomic mass is 10.1. The SMILES string of the molecule is c1ccc(Cn2cc(-c3cc(C4=N[C@H](c5ccccc5)CO4)nc(C4=N[C@H](c5ccccc5)CO4)c3)nn2)cc1. The first-order valence-corrected chi connectivity index (χ1v) is 13.3. The van der Waals surface area contributed by atoms with Crippen LogP contribution in [0.1, 0.15) is 40.2 Å².